The number of nitrogens with zero attached hydrogens (tertiary/aromatic N) is 3. The minimum Gasteiger partial charge on any atom is -0.362 e. The van der Waals surface area contributed by atoms with Gasteiger partial charge < -0.3 is 10.6 Å². The molecule has 0 fully saturated rings. The summed E-state index contributed by atoms with van der Waals surface area (Å²) in [5.74, 6) is 1.21. The summed E-state index contributed by atoms with van der Waals surface area (Å²) in [6, 6.07) is 20.7. The van der Waals surface area contributed by atoms with Gasteiger partial charge in [0.2, 0.25) is 5.95 Å². The van der Waals surface area contributed by atoms with E-state index in [0.717, 1.165) is 0 Å². The van der Waals surface area contributed by atoms with Crippen LogP contribution in [0.15, 0.2) is 66.9 Å². The normalized spacial score (nSPS) is 13.1. The lowest BCUT2D eigenvalue weighted by Crippen LogP contribution is -2.13. The van der Waals surface area contributed by atoms with Crippen LogP contribution in [0.3, 0.4) is 0 Å². The molecule has 5 nitrogen and oxygen atoms in total. The predicted molar refractivity (Wildman–Crippen MR) is 96.8 cm³/mol. The molecule has 2 N–H and O–H groups in total. The molecule has 0 saturated carbocycles. The first kappa shape index (κ1) is 15.9. The first-order valence-electron chi connectivity index (χ1n) is 8.05. The Labute approximate surface area is 142 Å². The molecule has 0 bridgehead atoms. The van der Waals surface area contributed by atoms with Gasteiger partial charge in [-0.1, -0.05) is 60.7 Å². The van der Waals surface area contributed by atoms with Crippen LogP contribution >= 0.6 is 0 Å². The maximum absolute atomic E-state index is 4.51. The number of aromatic nitrogens is 3. The molecule has 2 unspecified atom stereocenters. The third kappa shape index (κ3) is 4.07. The first-order valence-corrected chi connectivity index (χ1v) is 8.05. The molecule has 0 spiro atoms. The van der Waals surface area contributed by atoms with Gasteiger partial charge in [-0.3, -0.25) is 0 Å². The van der Waals surface area contributed by atoms with Crippen LogP contribution in [0.2, 0.25) is 0 Å². The standard InChI is InChI=1S/C19H21N5/c1-14(16-9-5-3-6-10-16)21-18-13-20-24-19(23-18)22-15(2)17-11-7-4-8-12-17/h3-15H,1-2H3,(H2,21,22,23,24). The van der Waals surface area contributed by atoms with E-state index in [1.807, 2.05) is 36.4 Å². The summed E-state index contributed by atoms with van der Waals surface area (Å²) in [5, 5.41) is 14.8. The Morgan fingerprint density at radius 2 is 1.29 bits per heavy atom. The van der Waals surface area contributed by atoms with Gasteiger partial charge in [0.15, 0.2) is 5.82 Å². The summed E-state index contributed by atoms with van der Waals surface area (Å²) in [6.07, 6.45) is 1.64. The van der Waals surface area contributed by atoms with E-state index in [2.05, 4.69) is 63.9 Å². The largest absolute Gasteiger partial charge is 0.362 e. The zero-order chi connectivity index (χ0) is 16.8. The van der Waals surface area contributed by atoms with E-state index in [4.69, 9.17) is 0 Å². The zero-order valence-electron chi connectivity index (χ0n) is 13.8. The molecule has 1 aromatic heterocycles. The lowest BCUT2D eigenvalue weighted by molar-refractivity contribution is 0.826. The smallest absolute Gasteiger partial charge is 0.245 e. The van der Waals surface area contributed by atoms with Crippen molar-refractivity contribution in [2.45, 2.75) is 25.9 Å². The fourth-order valence-electron chi connectivity index (χ4n) is 2.50. The minimum absolute atomic E-state index is 0.106. The third-order valence-electron chi connectivity index (χ3n) is 3.87. The van der Waals surface area contributed by atoms with E-state index in [-0.39, 0.29) is 12.1 Å². The van der Waals surface area contributed by atoms with Crippen molar-refractivity contribution in [3.8, 4) is 0 Å². The molecule has 3 aromatic rings. The number of benzene rings is 2. The fourth-order valence-corrected chi connectivity index (χ4v) is 2.50. The molecule has 1 heterocycles. The van der Waals surface area contributed by atoms with E-state index in [1.54, 1.807) is 6.20 Å². The molecule has 5 heteroatoms. The van der Waals surface area contributed by atoms with Gasteiger partial charge in [-0.25, -0.2) is 0 Å². The molecule has 3 rings (SSSR count). The minimum atomic E-state index is 0.106. The highest BCUT2D eigenvalue weighted by atomic mass is 15.3. The van der Waals surface area contributed by atoms with Crippen LogP contribution in [-0.4, -0.2) is 15.2 Å². The van der Waals surface area contributed by atoms with Crippen LogP contribution in [0.5, 0.6) is 0 Å². The molecule has 122 valence electrons. The lowest BCUT2D eigenvalue weighted by Gasteiger charge is -2.16. The van der Waals surface area contributed by atoms with Gasteiger partial charge in [-0.05, 0) is 25.0 Å². The zero-order valence-corrected chi connectivity index (χ0v) is 13.8. The van der Waals surface area contributed by atoms with Crippen molar-refractivity contribution >= 4 is 11.8 Å². The average Bonchev–Trinajstić information content (AvgIpc) is 2.63. The van der Waals surface area contributed by atoms with E-state index < -0.39 is 0 Å². The van der Waals surface area contributed by atoms with Gasteiger partial charge in [0.1, 0.15) is 0 Å². The molecule has 0 saturated heterocycles. The van der Waals surface area contributed by atoms with Gasteiger partial charge in [0.25, 0.3) is 0 Å². The molecule has 24 heavy (non-hydrogen) atoms. The Balaban J connectivity index is 1.68. The molecule has 0 aliphatic rings. The molecular weight excluding hydrogens is 298 g/mol. The molecule has 0 amide bonds. The summed E-state index contributed by atoms with van der Waals surface area (Å²) in [7, 11) is 0. The van der Waals surface area contributed by atoms with Crippen LogP contribution in [-0.2, 0) is 0 Å². The highest BCUT2D eigenvalue weighted by molar-refractivity contribution is 5.41. The molecule has 0 aliphatic carbocycles. The van der Waals surface area contributed by atoms with Gasteiger partial charge in [-0.15, -0.1) is 5.10 Å². The maximum Gasteiger partial charge on any atom is 0.245 e. The number of anilines is 2. The second kappa shape index (κ2) is 7.55. The Bertz CT molecular complexity index is 698. The summed E-state index contributed by atoms with van der Waals surface area (Å²) < 4.78 is 0. The van der Waals surface area contributed by atoms with Gasteiger partial charge >= 0.3 is 0 Å². The summed E-state index contributed by atoms with van der Waals surface area (Å²) in [5.41, 5.74) is 2.38. The molecule has 2 aromatic carbocycles. The van der Waals surface area contributed by atoms with Gasteiger partial charge in [-0.2, -0.15) is 10.1 Å². The number of hydrogen-bond donors (Lipinski definition) is 2. The molecule has 0 radical (unpaired) electrons. The highest BCUT2D eigenvalue weighted by Crippen LogP contribution is 2.19. The van der Waals surface area contributed by atoms with Gasteiger partial charge in [0.05, 0.1) is 12.2 Å². The van der Waals surface area contributed by atoms with Gasteiger partial charge in [0, 0.05) is 6.04 Å². The van der Waals surface area contributed by atoms with E-state index >= 15 is 0 Å². The van der Waals surface area contributed by atoms with Crippen LogP contribution in [0, 0.1) is 0 Å². The first-order chi connectivity index (χ1) is 11.7. The summed E-state index contributed by atoms with van der Waals surface area (Å²) in [6.45, 7) is 4.17. The quantitative estimate of drug-likeness (QED) is 0.712. The monoisotopic (exact) mass is 319 g/mol. The number of rotatable bonds is 6. The fraction of sp³-hybridized carbons (Fsp3) is 0.211. The summed E-state index contributed by atoms with van der Waals surface area (Å²) in [4.78, 5) is 4.51. The van der Waals surface area contributed by atoms with Crippen molar-refractivity contribution in [2.24, 2.45) is 0 Å². The van der Waals surface area contributed by atoms with Crippen LogP contribution < -0.4 is 10.6 Å². The van der Waals surface area contributed by atoms with Crippen LogP contribution in [0.4, 0.5) is 11.8 Å². The third-order valence-corrected chi connectivity index (χ3v) is 3.87. The second-order valence-electron chi connectivity index (χ2n) is 5.72. The second-order valence-corrected chi connectivity index (χ2v) is 5.72. The van der Waals surface area contributed by atoms with Crippen molar-refractivity contribution in [3.63, 3.8) is 0 Å². The Morgan fingerprint density at radius 1 is 0.750 bits per heavy atom. The van der Waals surface area contributed by atoms with Crippen molar-refractivity contribution < 1.29 is 0 Å². The Kier molecular flexibility index (Phi) is 5.01. The lowest BCUT2D eigenvalue weighted by atomic mass is 10.1. The summed E-state index contributed by atoms with van der Waals surface area (Å²) >= 11 is 0. The SMILES string of the molecule is CC(Nc1cnnc(NC(C)c2ccccc2)n1)c1ccccc1. The van der Waals surface area contributed by atoms with E-state index in [0.29, 0.717) is 11.8 Å². The highest BCUT2D eigenvalue weighted by Gasteiger charge is 2.09. The Morgan fingerprint density at radius 3 is 1.88 bits per heavy atom. The van der Waals surface area contributed by atoms with Crippen molar-refractivity contribution in [1.82, 2.24) is 15.2 Å². The maximum atomic E-state index is 4.51. The Hall–Kier alpha value is -2.95. The molecule has 0 aliphatic heterocycles. The van der Waals surface area contributed by atoms with E-state index in [1.165, 1.54) is 11.1 Å². The molecule has 2 atom stereocenters. The topological polar surface area (TPSA) is 62.7 Å². The number of nitrogens with one attached hydrogen (secondary N) is 2. The van der Waals surface area contributed by atoms with Crippen molar-refractivity contribution in [3.05, 3.63) is 78.0 Å². The van der Waals surface area contributed by atoms with Crippen molar-refractivity contribution in [2.75, 3.05) is 10.6 Å². The number of hydrogen-bond acceptors (Lipinski definition) is 5. The predicted octanol–water partition coefficient (Wildman–Crippen LogP) is 4.22. The van der Waals surface area contributed by atoms with E-state index in [9.17, 15) is 0 Å². The van der Waals surface area contributed by atoms with Crippen LogP contribution in [0.1, 0.15) is 37.1 Å². The van der Waals surface area contributed by atoms with Crippen LogP contribution in [0.25, 0.3) is 0 Å². The molecular formula is C19H21N5. The average molecular weight is 319 g/mol. The van der Waals surface area contributed by atoms with Crippen molar-refractivity contribution in [1.29, 1.82) is 0 Å².